The molecule has 0 unspecified atom stereocenters. The van der Waals surface area contributed by atoms with Crippen molar-refractivity contribution >= 4 is 38.9 Å². The number of nitrogen functional groups attached to an aromatic ring is 1. The second kappa shape index (κ2) is 6.12. The summed E-state index contributed by atoms with van der Waals surface area (Å²) in [6.45, 7) is 0.813. The molecule has 0 radical (unpaired) electrons. The lowest BCUT2D eigenvalue weighted by molar-refractivity contribution is 1.01. The number of nitrogens with one attached hydrogen (secondary N) is 1. The van der Waals surface area contributed by atoms with Crippen molar-refractivity contribution in [2.45, 2.75) is 6.42 Å². The lowest BCUT2D eigenvalue weighted by Crippen LogP contribution is -2.07. The molecule has 2 aromatic rings. The Labute approximate surface area is 120 Å². The molecule has 3 N–H and O–H groups in total. The van der Waals surface area contributed by atoms with Crippen molar-refractivity contribution in [2.75, 3.05) is 17.6 Å². The van der Waals surface area contributed by atoms with Gasteiger partial charge in [0.25, 0.3) is 0 Å². The molecule has 0 heterocycles. The van der Waals surface area contributed by atoms with Crippen molar-refractivity contribution in [3.63, 3.8) is 0 Å². The second-order valence-corrected chi connectivity index (χ2v) is 5.29. The minimum Gasteiger partial charge on any atom is -0.397 e. The lowest BCUT2D eigenvalue weighted by Gasteiger charge is -2.10. The molecule has 18 heavy (non-hydrogen) atoms. The molecular formula is C14H14BrClN2. The fourth-order valence-electron chi connectivity index (χ4n) is 1.71. The Morgan fingerprint density at radius 3 is 2.72 bits per heavy atom. The Hall–Kier alpha value is -1.19. The van der Waals surface area contributed by atoms with Gasteiger partial charge in [0.2, 0.25) is 0 Å². The second-order valence-electron chi connectivity index (χ2n) is 4.00. The van der Waals surface area contributed by atoms with Gasteiger partial charge >= 0.3 is 0 Å². The molecule has 0 aliphatic rings. The summed E-state index contributed by atoms with van der Waals surface area (Å²) in [5.74, 6) is 0. The van der Waals surface area contributed by atoms with E-state index in [0.29, 0.717) is 10.7 Å². The number of halogens is 2. The Morgan fingerprint density at radius 2 is 1.94 bits per heavy atom. The third-order valence-corrected chi connectivity index (χ3v) is 3.69. The van der Waals surface area contributed by atoms with Gasteiger partial charge in [-0.1, -0.05) is 45.7 Å². The van der Waals surface area contributed by atoms with E-state index in [-0.39, 0.29) is 0 Å². The van der Waals surface area contributed by atoms with Gasteiger partial charge in [0.1, 0.15) is 0 Å². The van der Waals surface area contributed by atoms with Crippen LogP contribution in [0.5, 0.6) is 0 Å². The van der Waals surface area contributed by atoms with Crippen molar-refractivity contribution < 1.29 is 0 Å². The average Bonchev–Trinajstić information content (AvgIpc) is 2.36. The van der Waals surface area contributed by atoms with E-state index in [1.807, 2.05) is 30.3 Å². The van der Waals surface area contributed by atoms with E-state index in [1.165, 1.54) is 5.56 Å². The van der Waals surface area contributed by atoms with Crippen molar-refractivity contribution in [2.24, 2.45) is 0 Å². The van der Waals surface area contributed by atoms with Crippen LogP contribution >= 0.6 is 27.5 Å². The third-order valence-electron chi connectivity index (χ3n) is 2.68. The Morgan fingerprint density at radius 1 is 1.17 bits per heavy atom. The fraction of sp³-hybridized carbons (Fsp3) is 0.143. The zero-order valence-electron chi connectivity index (χ0n) is 9.79. The van der Waals surface area contributed by atoms with Crippen LogP contribution < -0.4 is 11.1 Å². The molecule has 2 aromatic carbocycles. The van der Waals surface area contributed by atoms with Gasteiger partial charge in [-0.05, 0) is 36.2 Å². The van der Waals surface area contributed by atoms with Gasteiger partial charge in [-0.15, -0.1) is 0 Å². The van der Waals surface area contributed by atoms with Gasteiger partial charge in [0.15, 0.2) is 0 Å². The molecule has 0 saturated heterocycles. The first-order chi connectivity index (χ1) is 8.66. The van der Waals surface area contributed by atoms with Crippen LogP contribution in [-0.2, 0) is 6.42 Å². The summed E-state index contributed by atoms with van der Waals surface area (Å²) in [4.78, 5) is 0. The molecule has 0 aliphatic heterocycles. The number of anilines is 2. The molecule has 0 aromatic heterocycles. The van der Waals surface area contributed by atoms with Crippen LogP contribution in [0.25, 0.3) is 0 Å². The highest BCUT2D eigenvalue weighted by atomic mass is 79.9. The Balaban J connectivity index is 1.96. The highest BCUT2D eigenvalue weighted by Gasteiger charge is 2.01. The smallest absolute Gasteiger partial charge is 0.0588 e. The van der Waals surface area contributed by atoms with Crippen LogP contribution in [-0.4, -0.2) is 6.54 Å². The number of nitrogens with two attached hydrogens (primary N) is 1. The van der Waals surface area contributed by atoms with Gasteiger partial charge in [0, 0.05) is 16.0 Å². The summed E-state index contributed by atoms with van der Waals surface area (Å²) in [7, 11) is 0. The van der Waals surface area contributed by atoms with E-state index in [9.17, 15) is 0 Å². The van der Waals surface area contributed by atoms with E-state index < -0.39 is 0 Å². The van der Waals surface area contributed by atoms with Gasteiger partial charge in [-0.3, -0.25) is 0 Å². The zero-order chi connectivity index (χ0) is 13.0. The standard InChI is InChI=1S/C14H14BrClN2/c15-12-4-2-1-3-10(12)7-8-18-14-9-11(16)5-6-13(14)17/h1-6,9,18H,7-8,17H2. The summed E-state index contributed by atoms with van der Waals surface area (Å²) < 4.78 is 1.13. The topological polar surface area (TPSA) is 38.0 Å². The first kappa shape index (κ1) is 13.2. The molecular weight excluding hydrogens is 312 g/mol. The molecule has 0 spiro atoms. The van der Waals surface area contributed by atoms with Crippen LogP contribution in [0.3, 0.4) is 0 Å². The number of rotatable bonds is 4. The molecule has 0 saturated carbocycles. The van der Waals surface area contributed by atoms with Crippen LogP contribution in [0.2, 0.25) is 5.02 Å². The van der Waals surface area contributed by atoms with Crippen molar-refractivity contribution in [3.05, 3.63) is 57.5 Å². The first-order valence-electron chi connectivity index (χ1n) is 5.69. The summed E-state index contributed by atoms with van der Waals surface area (Å²) >= 11 is 9.47. The minimum absolute atomic E-state index is 0.688. The monoisotopic (exact) mass is 324 g/mol. The summed E-state index contributed by atoms with van der Waals surface area (Å²) in [6, 6.07) is 13.6. The van der Waals surface area contributed by atoms with Gasteiger partial charge in [-0.25, -0.2) is 0 Å². The molecule has 4 heteroatoms. The number of hydrogen-bond acceptors (Lipinski definition) is 2. The molecule has 0 fully saturated rings. The number of hydrogen-bond donors (Lipinski definition) is 2. The zero-order valence-corrected chi connectivity index (χ0v) is 12.1. The average molecular weight is 326 g/mol. The SMILES string of the molecule is Nc1ccc(Cl)cc1NCCc1ccccc1Br. The van der Waals surface area contributed by atoms with E-state index >= 15 is 0 Å². The first-order valence-corrected chi connectivity index (χ1v) is 6.86. The lowest BCUT2D eigenvalue weighted by atomic mass is 10.1. The fourth-order valence-corrected chi connectivity index (χ4v) is 2.37. The molecule has 2 rings (SSSR count). The van der Waals surface area contributed by atoms with E-state index in [1.54, 1.807) is 6.07 Å². The minimum atomic E-state index is 0.688. The van der Waals surface area contributed by atoms with Gasteiger partial charge in [-0.2, -0.15) is 0 Å². The molecule has 0 amide bonds. The predicted octanol–water partition coefficient (Wildman–Crippen LogP) is 4.34. The quantitative estimate of drug-likeness (QED) is 0.821. The van der Waals surface area contributed by atoms with Crippen LogP contribution in [0, 0.1) is 0 Å². The Bertz CT molecular complexity index is 543. The van der Waals surface area contributed by atoms with Crippen LogP contribution in [0.4, 0.5) is 11.4 Å². The van der Waals surface area contributed by atoms with E-state index in [4.69, 9.17) is 17.3 Å². The largest absolute Gasteiger partial charge is 0.397 e. The highest BCUT2D eigenvalue weighted by molar-refractivity contribution is 9.10. The van der Waals surface area contributed by atoms with Gasteiger partial charge in [0.05, 0.1) is 11.4 Å². The van der Waals surface area contributed by atoms with Gasteiger partial charge < -0.3 is 11.1 Å². The molecule has 0 atom stereocenters. The highest BCUT2D eigenvalue weighted by Crippen LogP contribution is 2.23. The molecule has 2 nitrogen and oxygen atoms in total. The summed E-state index contributed by atoms with van der Waals surface area (Å²) in [6.07, 6.45) is 0.924. The van der Waals surface area contributed by atoms with E-state index in [0.717, 1.165) is 23.1 Å². The summed E-state index contributed by atoms with van der Waals surface area (Å²) in [5.41, 5.74) is 8.74. The van der Waals surface area contributed by atoms with Crippen molar-refractivity contribution in [1.29, 1.82) is 0 Å². The van der Waals surface area contributed by atoms with E-state index in [2.05, 4.69) is 27.3 Å². The molecule has 94 valence electrons. The maximum absolute atomic E-state index is 5.93. The molecule has 0 aliphatic carbocycles. The third kappa shape index (κ3) is 3.40. The van der Waals surface area contributed by atoms with Crippen molar-refractivity contribution in [1.82, 2.24) is 0 Å². The predicted molar refractivity (Wildman–Crippen MR) is 82.2 cm³/mol. The number of benzene rings is 2. The van der Waals surface area contributed by atoms with Crippen LogP contribution in [0.15, 0.2) is 46.9 Å². The normalized spacial score (nSPS) is 10.3. The molecule has 0 bridgehead atoms. The summed E-state index contributed by atoms with van der Waals surface area (Å²) in [5, 5.41) is 3.99. The van der Waals surface area contributed by atoms with Crippen LogP contribution in [0.1, 0.15) is 5.56 Å². The van der Waals surface area contributed by atoms with Crippen molar-refractivity contribution in [3.8, 4) is 0 Å². The maximum Gasteiger partial charge on any atom is 0.0588 e. The Kier molecular flexibility index (Phi) is 4.50. The maximum atomic E-state index is 5.93.